The molecule has 52 heavy (non-hydrogen) atoms. The van der Waals surface area contributed by atoms with Crippen LogP contribution >= 0.6 is 0 Å². The molecule has 0 aromatic heterocycles. The molecule has 12 nitrogen and oxygen atoms in total. The molecule has 0 radical (unpaired) electrons. The number of aliphatic hydroxyl groups is 7. The summed E-state index contributed by atoms with van der Waals surface area (Å²) in [5, 5.41) is 56.0. The summed E-state index contributed by atoms with van der Waals surface area (Å²) in [6.45, 7) is 28.0. The molecule has 0 amide bonds. The zero-order valence-electron chi connectivity index (χ0n) is 36.9. The number of hydrogen-bond acceptors (Lipinski definition) is 12. The normalized spacial score (nSPS) is 10.1. The smallest absolute Gasteiger partial charge is 0.129 e. The number of methoxy groups -OCH3 is 1. The van der Waals surface area contributed by atoms with Crippen LogP contribution in [0.25, 0.3) is 0 Å². The van der Waals surface area contributed by atoms with E-state index in [4.69, 9.17) is 35.7 Å². The average Bonchev–Trinajstić information content (AvgIpc) is 3.06. The molecule has 0 heterocycles. The summed E-state index contributed by atoms with van der Waals surface area (Å²) in [5.41, 5.74) is 0. The molecule has 0 saturated heterocycles. The van der Waals surface area contributed by atoms with Crippen LogP contribution in [0, 0.1) is 5.92 Å². The number of aliphatic hydroxyl groups excluding tert-OH is 7. The quantitative estimate of drug-likeness (QED) is 0.0929. The molecule has 0 spiro atoms. The number of carbonyl (C=O) groups is 4. The number of ketones is 4. The van der Waals surface area contributed by atoms with Crippen LogP contribution < -0.4 is 0 Å². The summed E-state index contributed by atoms with van der Waals surface area (Å²) < 4.78 is 4.55. The third-order valence-corrected chi connectivity index (χ3v) is 4.56. The van der Waals surface area contributed by atoms with Gasteiger partial charge in [-0.25, -0.2) is 0 Å². The van der Waals surface area contributed by atoms with Gasteiger partial charge >= 0.3 is 0 Å². The van der Waals surface area contributed by atoms with Crippen LogP contribution in [0.15, 0.2) is 0 Å². The SMILES string of the molecule is CC(C)=O.CC(O)CO.CCC.CCC(C)=O.CCCC(C)=O.CCCCC(C)=O.CCCCC(CC)CO.CCO.COCC(C)O.OCCO. The largest absolute Gasteiger partial charge is 0.397 e. The summed E-state index contributed by atoms with van der Waals surface area (Å²) in [7, 11) is 1.56. The van der Waals surface area contributed by atoms with Gasteiger partial charge < -0.3 is 59.7 Å². The van der Waals surface area contributed by atoms with Crippen LogP contribution in [-0.2, 0) is 23.9 Å². The topological polar surface area (TPSA) is 219 Å². The highest BCUT2D eigenvalue weighted by Crippen LogP contribution is 2.10. The Hall–Kier alpha value is -1.64. The third-order valence-electron chi connectivity index (χ3n) is 4.56. The monoisotopic (exact) mass is 765 g/mol. The van der Waals surface area contributed by atoms with E-state index in [0.717, 1.165) is 38.5 Å². The fraction of sp³-hybridized carbons (Fsp3) is 0.900. The molecule has 3 unspecified atom stereocenters. The zero-order valence-corrected chi connectivity index (χ0v) is 36.9. The van der Waals surface area contributed by atoms with Crippen molar-refractivity contribution in [2.75, 3.05) is 46.8 Å². The van der Waals surface area contributed by atoms with Crippen LogP contribution in [0.4, 0.5) is 0 Å². The van der Waals surface area contributed by atoms with Gasteiger partial charge in [-0.3, -0.25) is 0 Å². The molecule has 0 aromatic carbocycles. The predicted octanol–water partition coefficient (Wildman–Crippen LogP) is 6.68. The molecular weight excluding hydrogens is 672 g/mol. The van der Waals surface area contributed by atoms with E-state index in [1.54, 1.807) is 41.7 Å². The van der Waals surface area contributed by atoms with Gasteiger partial charge in [-0.05, 0) is 80.6 Å². The molecule has 7 N–H and O–H groups in total. The van der Waals surface area contributed by atoms with Crippen LogP contribution in [0.5, 0.6) is 0 Å². The zero-order chi connectivity index (χ0) is 43.8. The number of hydrogen-bond donors (Lipinski definition) is 7. The van der Waals surface area contributed by atoms with Crippen molar-refractivity contribution in [3.63, 3.8) is 0 Å². The van der Waals surface area contributed by atoms with Gasteiger partial charge in [0.05, 0.1) is 38.6 Å². The molecule has 12 heteroatoms. The molecule has 0 saturated carbocycles. The van der Waals surface area contributed by atoms with E-state index in [2.05, 4.69) is 39.4 Å². The average molecular weight is 765 g/mol. The maximum Gasteiger partial charge on any atom is 0.129 e. The van der Waals surface area contributed by atoms with Crippen molar-refractivity contribution in [1.82, 2.24) is 0 Å². The van der Waals surface area contributed by atoms with Crippen LogP contribution in [0.2, 0.25) is 0 Å². The van der Waals surface area contributed by atoms with E-state index in [1.807, 2.05) is 13.8 Å². The van der Waals surface area contributed by atoms with E-state index in [-0.39, 0.29) is 49.9 Å². The lowest BCUT2D eigenvalue weighted by molar-refractivity contribution is -0.117. The summed E-state index contributed by atoms with van der Waals surface area (Å²) in [5.74, 6) is 1.58. The molecule has 0 bridgehead atoms. The van der Waals surface area contributed by atoms with Gasteiger partial charge in [0.15, 0.2) is 0 Å². The number of unbranched alkanes of at least 4 members (excludes halogenated alkanes) is 2. The van der Waals surface area contributed by atoms with Crippen molar-refractivity contribution >= 4 is 23.1 Å². The Morgan fingerprint density at radius 2 is 0.904 bits per heavy atom. The van der Waals surface area contributed by atoms with E-state index < -0.39 is 6.10 Å². The van der Waals surface area contributed by atoms with E-state index >= 15 is 0 Å². The van der Waals surface area contributed by atoms with Crippen LogP contribution in [0.3, 0.4) is 0 Å². The molecular formula is C40H92O12. The van der Waals surface area contributed by atoms with Gasteiger partial charge in [-0.15, -0.1) is 0 Å². The minimum Gasteiger partial charge on any atom is -0.397 e. The second-order valence-electron chi connectivity index (χ2n) is 11.6. The van der Waals surface area contributed by atoms with Crippen molar-refractivity contribution < 1.29 is 59.7 Å². The molecule has 324 valence electrons. The second kappa shape index (κ2) is 82.7. The predicted molar refractivity (Wildman–Crippen MR) is 219 cm³/mol. The van der Waals surface area contributed by atoms with Crippen molar-refractivity contribution in [3.8, 4) is 0 Å². The molecule has 0 rings (SSSR count). The van der Waals surface area contributed by atoms with E-state index in [1.165, 1.54) is 46.5 Å². The Morgan fingerprint density at radius 3 is 0.981 bits per heavy atom. The summed E-state index contributed by atoms with van der Waals surface area (Å²) in [6, 6.07) is 0. The first kappa shape index (κ1) is 75.3. The van der Waals surface area contributed by atoms with E-state index in [9.17, 15) is 19.2 Å². The fourth-order valence-corrected chi connectivity index (χ4v) is 1.94. The maximum atomic E-state index is 10.2. The molecule has 3 atom stereocenters. The highest BCUT2D eigenvalue weighted by atomic mass is 16.5. The molecule has 0 aliphatic rings. The van der Waals surface area contributed by atoms with Crippen molar-refractivity contribution in [3.05, 3.63) is 0 Å². The first-order valence-corrected chi connectivity index (χ1v) is 19.0. The van der Waals surface area contributed by atoms with Gasteiger partial charge in [0.1, 0.15) is 23.1 Å². The Morgan fingerprint density at radius 1 is 0.577 bits per heavy atom. The number of rotatable bonds is 15. The lowest BCUT2D eigenvalue weighted by Crippen LogP contribution is -2.07. The number of carbonyl (C=O) groups excluding carboxylic acids is 4. The molecule has 0 aliphatic carbocycles. The highest BCUT2D eigenvalue weighted by Gasteiger charge is 2.01. The van der Waals surface area contributed by atoms with Crippen LogP contribution in [0.1, 0.15) is 174 Å². The van der Waals surface area contributed by atoms with Crippen molar-refractivity contribution in [2.24, 2.45) is 5.92 Å². The van der Waals surface area contributed by atoms with Gasteiger partial charge in [0, 0.05) is 39.6 Å². The summed E-state index contributed by atoms with van der Waals surface area (Å²) in [6.07, 6.45) is 10.5. The molecule has 0 aromatic rings. The minimum absolute atomic E-state index is 0.125. The van der Waals surface area contributed by atoms with E-state index in [0.29, 0.717) is 31.3 Å². The Labute approximate surface area is 321 Å². The summed E-state index contributed by atoms with van der Waals surface area (Å²) >= 11 is 0. The first-order valence-electron chi connectivity index (χ1n) is 19.0. The minimum atomic E-state index is -0.560. The number of ether oxygens (including phenoxy) is 1. The van der Waals surface area contributed by atoms with Gasteiger partial charge in [0.2, 0.25) is 0 Å². The Balaban J connectivity index is -0.0000000480. The Kier molecular flexibility index (Phi) is 120. The van der Waals surface area contributed by atoms with Crippen LogP contribution in [-0.4, -0.2) is 118 Å². The Bertz CT molecular complexity index is 587. The summed E-state index contributed by atoms with van der Waals surface area (Å²) in [4.78, 5) is 39.5. The first-order chi connectivity index (χ1) is 24.2. The fourth-order valence-electron chi connectivity index (χ4n) is 1.94. The van der Waals surface area contributed by atoms with Gasteiger partial charge in [-0.1, -0.05) is 80.6 Å². The second-order valence-corrected chi connectivity index (χ2v) is 11.6. The number of Topliss-reactive ketones (excluding diaryl/α,β-unsaturated/α-hetero) is 4. The lowest BCUT2D eigenvalue weighted by atomic mass is 10.0. The standard InChI is InChI=1S/C8H18O.C6H12O.C5H10O.C4H10O2.C4H8O.C3H8O2.C3H6O.C3H8.C2H6O2.C2H6O/c1-3-5-6-8(4-2)7-9;1-3-4-5-6(2)7;1-3-4-5(2)6;1-4(5)3-6-2;1-3-4(2)5;1-3(5)2-4;1-3(2)4;1-3-2;3-1-2-4;1-2-3/h8-9H,3-7H2,1-2H3;3-5H2,1-2H3;3-4H2,1-2H3;4-5H,3H2,1-2H3;3H2,1-2H3;3-5H,2H2,1H3;1-2H3;3H2,1-2H3;3-4H,1-2H2;3H,2H2,1H3. The van der Waals surface area contributed by atoms with Crippen molar-refractivity contribution in [2.45, 2.75) is 187 Å². The maximum absolute atomic E-state index is 10.2. The highest BCUT2D eigenvalue weighted by molar-refractivity contribution is 5.75. The van der Waals surface area contributed by atoms with Gasteiger partial charge in [-0.2, -0.15) is 0 Å². The molecule has 0 aliphatic heterocycles. The third kappa shape index (κ3) is 238. The lowest BCUT2D eigenvalue weighted by Gasteiger charge is -2.08. The van der Waals surface area contributed by atoms with Gasteiger partial charge in [0.25, 0.3) is 0 Å². The van der Waals surface area contributed by atoms with Crippen molar-refractivity contribution in [1.29, 1.82) is 0 Å². The molecule has 0 fully saturated rings.